The first-order chi connectivity index (χ1) is 11.7. The number of nitrogens with one attached hydrogen (secondary N) is 1. The van der Waals surface area contributed by atoms with Gasteiger partial charge in [-0.05, 0) is 6.07 Å². The average Bonchev–Trinajstić information content (AvgIpc) is 2.61. The normalized spacial score (nSPS) is 19.9. The minimum absolute atomic E-state index is 0.0219. The lowest BCUT2D eigenvalue weighted by atomic mass is 10.2. The zero-order chi connectivity index (χ0) is 17.1. The van der Waals surface area contributed by atoms with Crippen molar-refractivity contribution in [2.45, 2.75) is 6.17 Å². The van der Waals surface area contributed by atoms with Gasteiger partial charge in [-0.1, -0.05) is 5.16 Å². The zero-order valence-corrected chi connectivity index (χ0v) is 12.8. The van der Waals surface area contributed by atoms with E-state index in [4.69, 9.17) is 14.7 Å². The Labute approximate surface area is 135 Å². The van der Waals surface area contributed by atoms with E-state index >= 15 is 0 Å². The molecule has 130 valence electrons. The van der Waals surface area contributed by atoms with Gasteiger partial charge in [0.25, 0.3) is 5.91 Å². The number of nitrogens with zero attached hydrogens (tertiary/aromatic N) is 3. The van der Waals surface area contributed by atoms with Crippen molar-refractivity contribution in [3.05, 3.63) is 23.3 Å². The summed E-state index contributed by atoms with van der Waals surface area (Å²) in [5, 5.41) is 12.3. The van der Waals surface area contributed by atoms with Crippen LogP contribution in [0, 0.1) is 0 Å². The smallest absolute Gasteiger partial charge is 0.452 e. The van der Waals surface area contributed by atoms with Crippen molar-refractivity contribution in [3.63, 3.8) is 0 Å². The van der Waals surface area contributed by atoms with E-state index in [1.54, 1.807) is 4.90 Å². The van der Waals surface area contributed by atoms with Crippen molar-refractivity contribution in [2.24, 2.45) is 5.16 Å². The summed E-state index contributed by atoms with van der Waals surface area (Å²) in [5.74, 6) is -0.341. The Morgan fingerprint density at radius 3 is 3.17 bits per heavy atom. The van der Waals surface area contributed by atoms with E-state index in [1.807, 2.05) is 0 Å². The first-order valence-corrected chi connectivity index (χ1v) is 7.08. The Balaban J connectivity index is 1.93. The first kappa shape index (κ1) is 15.9. The molecule has 0 radical (unpaired) electrons. The second-order valence-electron chi connectivity index (χ2n) is 4.93. The fourth-order valence-electron chi connectivity index (χ4n) is 2.50. The summed E-state index contributed by atoms with van der Waals surface area (Å²) >= 11 is 0. The summed E-state index contributed by atoms with van der Waals surface area (Å²) in [5.41, 5.74) is 3.21. The number of aromatic nitrogens is 1. The Bertz CT molecular complexity index is 717. The maximum Gasteiger partial charge on any atom is 0.510 e. The number of morpholine rings is 1. The van der Waals surface area contributed by atoms with Crippen LogP contribution in [-0.4, -0.2) is 66.7 Å². The van der Waals surface area contributed by atoms with Crippen molar-refractivity contribution in [3.8, 4) is 5.75 Å². The number of pyridine rings is 1. The molecule has 0 bridgehead atoms. The molecule has 1 aromatic rings. The number of ether oxygens (including phenoxy) is 4. The lowest BCUT2D eigenvalue weighted by Gasteiger charge is -2.41. The van der Waals surface area contributed by atoms with Gasteiger partial charge in [-0.3, -0.25) is 9.47 Å². The third-order valence-corrected chi connectivity index (χ3v) is 3.60. The molecule has 0 saturated carbocycles. The molecule has 2 aliphatic rings. The van der Waals surface area contributed by atoms with E-state index in [0.29, 0.717) is 19.8 Å². The van der Waals surface area contributed by atoms with Crippen LogP contribution in [0.3, 0.4) is 0 Å². The van der Waals surface area contributed by atoms with Gasteiger partial charge in [0.2, 0.25) is 6.79 Å². The molecule has 2 aliphatic heterocycles. The van der Waals surface area contributed by atoms with Gasteiger partial charge < -0.3 is 34.5 Å². The van der Waals surface area contributed by atoms with E-state index in [0.717, 1.165) is 7.11 Å². The second-order valence-corrected chi connectivity index (χ2v) is 4.93. The lowest BCUT2D eigenvalue weighted by Crippen LogP contribution is -2.59. The van der Waals surface area contributed by atoms with Gasteiger partial charge in [0, 0.05) is 12.7 Å². The second kappa shape index (κ2) is 6.66. The van der Waals surface area contributed by atoms with Crippen LogP contribution in [0.25, 0.3) is 0 Å². The largest absolute Gasteiger partial charge is 0.510 e. The van der Waals surface area contributed by atoms with E-state index in [9.17, 15) is 9.59 Å². The van der Waals surface area contributed by atoms with Gasteiger partial charge in [0.1, 0.15) is 11.5 Å². The highest BCUT2D eigenvalue weighted by Crippen LogP contribution is 2.22. The minimum Gasteiger partial charge on any atom is -0.452 e. The van der Waals surface area contributed by atoms with Crippen LogP contribution in [0.2, 0.25) is 0 Å². The van der Waals surface area contributed by atoms with E-state index in [-0.39, 0.29) is 28.9 Å². The molecule has 3 heterocycles. The fourth-order valence-corrected chi connectivity index (χ4v) is 2.50. The first-order valence-electron chi connectivity index (χ1n) is 7.08. The van der Waals surface area contributed by atoms with Crippen molar-refractivity contribution >= 4 is 12.1 Å². The Kier molecular flexibility index (Phi) is 4.42. The number of fused-ring (bicyclic) bond motifs is 2. The monoisotopic (exact) mass is 340 g/mol. The van der Waals surface area contributed by atoms with E-state index in [2.05, 4.69) is 20.1 Å². The van der Waals surface area contributed by atoms with Gasteiger partial charge in [0.15, 0.2) is 11.4 Å². The van der Waals surface area contributed by atoms with Crippen molar-refractivity contribution in [1.29, 1.82) is 0 Å². The minimum atomic E-state index is -0.937. The number of hydrogen-bond donors (Lipinski definition) is 2. The fraction of sp³-hybridized carbons (Fsp3) is 0.462. The Hall–Kier alpha value is -2.95. The predicted molar refractivity (Wildman–Crippen MR) is 75.8 cm³/mol. The quantitative estimate of drug-likeness (QED) is 0.319. The molecule has 1 aromatic heterocycles. The lowest BCUT2D eigenvalue weighted by molar-refractivity contribution is -0.00503. The number of carbonyl (C=O) groups excluding carboxylic acids is 2. The molecule has 0 aromatic carbocycles. The topological polar surface area (TPSA) is 124 Å². The highest BCUT2D eigenvalue weighted by molar-refractivity contribution is 5.96. The summed E-state index contributed by atoms with van der Waals surface area (Å²) in [6.45, 7) is 0.683. The molecule has 3 rings (SSSR count). The highest BCUT2D eigenvalue weighted by Gasteiger charge is 2.36. The molecule has 11 heteroatoms. The third-order valence-electron chi connectivity index (χ3n) is 3.60. The van der Waals surface area contributed by atoms with Gasteiger partial charge in [-0.25, -0.2) is 4.79 Å². The molecule has 1 fully saturated rings. The number of rotatable bonds is 3. The number of hydrogen-bond acceptors (Lipinski definition) is 9. The maximum atomic E-state index is 12.8. The summed E-state index contributed by atoms with van der Waals surface area (Å²) in [6.07, 6.45) is 0.287. The molecule has 2 N–H and O–H groups in total. The number of carbonyl (C=O) groups is 2. The van der Waals surface area contributed by atoms with Crippen LogP contribution < -0.4 is 15.5 Å². The van der Waals surface area contributed by atoms with Gasteiger partial charge in [0.05, 0.1) is 20.3 Å². The van der Waals surface area contributed by atoms with Crippen molar-refractivity contribution in [2.75, 3.05) is 39.1 Å². The summed E-state index contributed by atoms with van der Waals surface area (Å²) in [4.78, 5) is 25.4. The van der Waals surface area contributed by atoms with E-state index < -0.39 is 12.9 Å². The van der Waals surface area contributed by atoms with Crippen LogP contribution in [0.1, 0.15) is 10.5 Å². The van der Waals surface area contributed by atoms with Crippen molar-refractivity contribution in [1.82, 2.24) is 9.58 Å². The van der Waals surface area contributed by atoms with E-state index in [1.165, 1.54) is 16.9 Å². The molecule has 1 saturated heterocycles. The Morgan fingerprint density at radius 2 is 2.42 bits per heavy atom. The molecular formula is C13H16N4O7. The molecule has 24 heavy (non-hydrogen) atoms. The summed E-state index contributed by atoms with van der Waals surface area (Å²) in [7, 11) is 1.16. The summed E-state index contributed by atoms with van der Waals surface area (Å²) in [6, 6.07) is 1.44. The molecular weight excluding hydrogens is 324 g/mol. The standard InChI is InChI=1S/C13H16N4O7/c1-21-13(19)24-7-23-11-8(15-20)2-3-17-10(11)12(18)16-4-5-22-6-9(16)14-17/h2-3,9,14,20H,4-7H2,1H3/b15-8+/t9-/m0/s1. The molecule has 0 spiro atoms. The third kappa shape index (κ3) is 2.80. The summed E-state index contributed by atoms with van der Waals surface area (Å²) < 4.78 is 21.1. The van der Waals surface area contributed by atoms with Crippen LogP contribution in [0.15, 0.2) is 17.4 Å². The van der Waals surface area contributed by atoms with Crippen LogP contribution in [-0.2, 0) is 14.2 Å². The maximum absolute atomic E-state index is 12.8. The Morgan fingerprint density at radius 1 is 1.58 bits per heavy atom. The van der Waals surface area contributed by atoms with Gasteiger partial charge in [-0.2, -0.15) is 0 Å². The number of methoxy groups -OCH3 is 1. The predicted octanol–water partition coefficient (Wildman–Crippen LogP) is -0.747. The van der Waals surface area contributed by atoms with Gasteiger partial charge >= 0.3 is 6.16 Å². The zero-order valence-electron chi connectivity index (χ0n) is 12.8. The average molecular weight is 340 g/mol. The molecule has 11 nitrogen and oxygen atoms in total. The van der Waals surface area contributed by atoms with Crippen LogP contribution in [0.5, 0.6) is 5.75 Å². The van der Waals surface area contributed by atoms with Crippen LogP contribution >= 0.6 is 0 Å². The van der Waals surface area contributed by atoms with Crippen LogP contribution in [0.4, 0.5) is 4.79 Å². The molecule has 0 unspecified atom stereocenters. The molecule has 0 aliphatic carbocycles. The highest BCUT2D eigenvalue weighted by atomic mass is 16.8. The molecule has 1 amide bonds. The number of amides is 1. The van der Waals surface area contributed by atoms with Crippen molar-refractivity contribution < 1.29 is 33.7 Å². The molecule has 1 atom stereocenters. The SMILES string of the molecule is COC(=O)OCOc1c2n(cc/c1=N\O)N[C@@H]1COCCN1C2=O. The van der Waals surface area contributed by atoms with Gasteiger partial charge in [-0.15, -0.1) is 0 Å².